The third kappa shape index (κ3) is 2.98. The summed E-state index contributed by atoms with van der Waals surface area (Å²) in [5, 5.41) is 26.2. The molecule has 0 radical (unpaired) electrons. The molecule has 1 aromatic carbocycles. The van der Waals surface area contributed by atoms with Gasteiger partial charge >= 0.3 is 0 Å². The smallest absolute Gasteiger partial charge is 0.152 e. The average Bonchev–Trinajstić information content (AvgIpc) is 2.35. The van der Waals surface area contributed by atoms with E-state index in [1.807, 2.05) is 36.4 Å². The summed E-state index contributed by atoms with van der Waals surface area (Å²) in [7, 11) is 0. The van der Waals surface area contributed by atoms with Crippen LogP contribution in [0.3, 0.4) is 0 Å². The van der Waals surface area contributed by atoms with Gasteiger partial charge in [-0.05, 0) is 5.56 Å². The molecule has 0 bridgehead atoms. The van der Waals surface area contributed by atoms with E-state index in [-0.39, 0.29) is 0 Å². The Morgan fingerprint density at radius 3 is 2.06 bits per heavy atom. The van der Waals surface area contributed by atoms with Crippen LogP contribution in [0, 0.1) is 45.8 Å². The maximum Gasteiger partial charge on any atom is 0.152 e. The number of nitriles is 3. The fraction of sp³-hybridized carbons (Fsp3) is 0.154. The minimum atomic E-state index is -0.912. The molecule has 1 rings (SSSR count). The second kappa shape index (κ2) is 6.02. The first kappa shape index (κ1) is 11.5. The summed E-state index contributed by atoms with van der Waals surface area (Å²) in [5.74, 6) is -1.60. The van der Waals surface area contributed by atoms with E-state index in [0.29, 0.717) is 0 Å². The molecule has 1 atom stereocenters. The van der Waals surface area contributed by atoms with Crippen molar-refractivity contribution < 1.29 is 0 Å². The first-order valence-corrected chi connectivity index (χ1v) is 4.74. The molecule has 0 fully saturated rings. The highest BCUT2D eigenvalue weighted by Gasteiger charge is 2.17. The minimum Gasteiger partial charge on any atom is -0.198 e. The van der Waals surface area contributed by atoms with Crippen LogP contribution in [0.1, 0.15) is 5.56 Å². The summed E-state index contributed by atoms with van der Waals surface area (Å²) in [6.07, 6.45) is 3.34. The van der Waals surface area contributed by atoms with Gasteiger partial charge in [0.2, 0.25) is 0 Å². The predicted molar refractivity (Wildman–Crippen MR) is 59.3 cm³/mol. The van der Waals surface area contributed by atoms with Crippen molar-refractivity contribution in [1.29, 1.82) is 15.8 Å². The Morgan fingerprint density at radius 1 is 0.938 bits per heavy atom. The van der Waals surface area contributed by atoms with Gasteiger partial charge in [0, 0.05) is 0 Å². The van der Waals surface area contributed by atoms with Gasteiger partial charge in [0.05, 0.1) is 24.1 Å². The molecule has 0 amide bonds. The molecule has 76 valence electrons. The number of nitrogens with zero attached hydrogens (tertiary/aromatic N) is 3. The van der Waals surface area contributed by atoms with Crippen molar-refractivity contribution >= 4 is 6.08 Å². The van der Waals surface area contributed by atoms with Crippen molar-refractivity contribution in [3.05, 3.63) is 42.0 Å². The number of rotatable bonds is 3. The second-order valence-corrected chi connectivity index (χ2v) is 3.16. The fourth-order valence-electron chi connectivity index (χ4n) is 1.20. The van der Waals surface area contributed by atoms with Crippen molar-refractivity contribution in [2.75, 3.05) is 0 Å². The quantitative estimate of drug-likeness (QED) is 0.764. The molecule has 0 aliphatic rings. The zero-order chi connectivity index (χ0) is 11.8. The lowest BCUT2D eigenvalue weighted by atomic mass is 9.95. The van der Waals surface area contributed by atoms with Gasteiger partial charge in [-0.25, -0.2) is 0 Å². The summed E-state index contributed by atoms with van der Waals surface area (Å²) in [6.45, 7) is 0. The van der Waals surface area contributed by atoms with Crippen LogP contribution < -0.4 is 0 Å². The van der Waals surface area contributed by atoms with E-state index in [1.165, 1.54) is 0 Å². The van der Waals surface area contributed by atoms with Crippen molar-refractivity contribution in [2.24, 2.45) is 11.8 Å². The van der Waals surface area contributed by atoms with Crippen LogP contribution in [-0.2, 0) is 0 Å². The van der Waals surface area contributed by atoms with Crippen molar-refractivity contribution in [3.8, 4) is 18.2 Å². The molecule has 1 aromatic rings. The van der Waals surface area contributed by atoms with Gasteiger partial charge in [0.15, 0.2) is 5.92 Å². The van der Waals surface area contributed by atoms with E-state index in [2.05, 4.69) is 0 Å². The third-order valence-corrected chi connectivity index (χ3v) is 2.08. The molecule has 0 saturated heterocycles. The Hall–Kier alpha value is -2.57. The monoisotopic (exact) mass is 207 g/mol. The number of hydrogen-bond donors (Lipinski definition) is 0. The Morgan fingerprint density at radius 2 is 1.56 bits per heavy atom. The lowest BCUT2D eigenvalue weighted by Crippen LogP contribution is -2.05. The summed E-state index contributed by atoms with van der Waals surface area (Å²) >= 11 is 0. The maximum absolute atomic E-state index is 8.83. The normalized spacial score (nSPS) is 11.6. The first-order chi connectivity index (χ1) is 7.81. The highest BCUT2D eigenvalue weighted by Crippen LogP contribution is 2.13. The van der Waals surface area contributed by atoms with Crippen LogP contribution in [0.4, 0.5) is 0 Å². The molecule has 3 heteroatoms. The van der Waals surface area contributed by atoms with Crippen LogP contribution in [0.5, 0.6) is 0 Å². The zero-order valence-corrected chi connectivity index (χ0v) is 8.54. The summed E-state index contributed by atoms with van der Waals surface area (Å²) in [4.78, 5) is 0. The summed E-state index contributed by atoms with van der Waals surface area (Å²) in [6, 6.07) is 15.0. The summed E-state index contributed by atoms with van der Waals surface area (Å²) < 4.78 is 0. The fourth-order valence-corrected chi connectivity index (χ4v) is 1.20. The van der Waals surface area contributed by atoms with Gasteiger partial charge in [-0.1, -0.05) is 42.5 Å². The Kier molecular flexibility index (Phi) is 4.33. The van der Waals surface area contributed by atoms with E-state index in [4.69, 9.17) is 15.8 Å². The molecular formula is C13H9N3. The van der Waals surface area contributed by atoms with Gasteiger partial charge < -0.3 is 0 Å². The topological polar surface area (TPSA) is 71.4 Å². The molecule has 0 saturated carbocycles. The zero-order valence-electron chi connectivity index (χ0n) is 8.54. The maximum atomic E-state index is 8.83. The van der Waals surface area contributed by atoms with Crippen molar-refractivity contribution in [1.82, 2.24) is 0 Å². The largest absolute Gasteiger partial charge is 0.198 e. The summed E-state index contributed by atoms with van der Waals surface area (Å²) in [5.41, 5.74) is 0.942. The van der Waals surface area contributed by atoms with E-state index in [1.54, 1.807) is 24.3 Å². The molecule has 0 aliphatic carbocycles. The number of allylic oxidation sites excluding steroid dienone is 1. The van der Waals surface area contributed by atoms with Gasteiger partial charge in [-0.3, -0.25) is 0 Å². The van der Waals surface area contributed by atoms with Crippen LogP contribution in [0.2, 0.25) is 0 Å². The van der Waals surface area contributed by atoms with Crippen LogP contribution in [0.25, 0.3) is 6.08 Å². The molecule has 3 nitrogen and oxygen atoms in total. The van der Waals surface area contributed by atoms with E-state index < -0.39 is 11.8 Å². The van der Waals surface area contributed by atoms with Crippen LogP contribution in [-0.4, -0.2) is 0 Å². The minimum absolute atomic E-state index is 0.685. The lowest BCUT2D eigenvalue weighted by Gasteiger charge is -2.01. The van der Waals surface area contributed by atoms with Crippen molar-refractivity contribution in [2.45, 2.75) is 0 Å². The molecule has 0 unspecified atom stereocenters. The number of hydrogen-bond acceptors (Lipinski definition) is 3. The molecule has 0 aromatic heterocycles. The van der Waals surface area contributed by atoms with Crippen LogP contribution in [0.15, 0.2) is 36.4 Å². The molecule has 16 heavy (non-hydrogen) atoms. The number of benzene rings is 1. The molecular weight excluding hydrogens is 198 g/mol. The van der Waals surface area contributed by atoms with Gasteiger partial charge in [-0.15, -0.1) is 0 Å². The molecule has 0 spiro atoms. The first-order valence-electron chi connectivity index (χ1n) is 4.74. The average molecular weight is 207 g/mol. The third-order valence-electron chi connectivity index (χ3n) is 2.08. The standard InChI is InChI=1S/C13H9N3/c14-8-12(13(9-15)10-16)7-6-11-4-2-1-3-5-11/h1-7,12-13H/b7-6+/t12-/m1/s1. The van der Waals surface area contributed by atoms with Gasteiger partial charge in [0.1, 0.15) is 0 Å². The molecule has 0 heterocycles. The lowest BCUT2D eigenvalue weighted by molar-refractivity contribution is 0.717. The Labute approximate surface area is 94.5 Å². The predicted octanol–water partition coefficient (Wildman–Crippen LogP) is 2.50. The van der Waals surface area contributed by atoms with E-state index in [9.17, 15) is 0 Å². The SMILES string of the molecule is N#CC(C#N)[C@@H](C#N)/C=C/c1ccccc1. The van der Waals surface area contributed by atoms with E-state index >= 15 is 0 Å². The Balaban J connectivity index is 2.81. The van der Waals surface area contributed by atoms with Crippen LogP contribution >= 0.6 is 0 Å². The van der Waals surface area contributed by atoms with E-state index in [0.717, 1.165) is 5.56 Å². The molecule has 0 aliphatic heterocycles. The highest BCUT2D eigenvalue weighted by atomic mass is 14.4. The van der Waals surface area contributed by atoms with Gasteiger partial charge in [-0.2, -0.15) is 15.8 Å². The van der Waals surface area contributed by atoms with Gasteiger partial charge in [0.25, 0.3) is 0 Å². The molecule has 0 N–H and O–H groups in total. The van der Waals surface area contributed by atoms with Crippen molar-refractivity contribution in [3.63, 3.8) is 0 Å². The highest BCUT2D eigenvalue weighted by molar-refractivity contribution is 5.50. The Bertz CT molecular complexity index is 469. The second-order valence-electron chi connectivity index (χ2n) is 3.16.